The van der Waals surface area contributed by atoms with E-state index in [2.05, 4.69) is 5.32 Å². The van der Waals surface area contributed by atoms with Gasteiger partial charge in [0.1, 0.15) is 11.6 Å². The van der Waals surface area contributed by atoms with E-state index in [1.807, 2.05) is 0 Å². The molecule has 0 bridgehead atoms. The molecule has 1 saturated heterocycles. The van der Waals surface area contributed by atoms with Gasteiger partial charge < -0.3 is 20.4 Å². The number of phenols is 2. The van der Waals surface area contributed by atoms with E-state index in [-0.39, 0.29) is 23.1 Å². The largest absolute Gasteiger partial charge is 0.504 e. The molecular formula is C17H16F2N2O3. The van der Waals surface area contributed by atoms with Crippen LogP contribution in [-0.4, -0.2) is 35.3 Å². The predicted octanol–water partition coefficient (Wildman–Crippen LogP) is 2.38. The molecule has 1 atom stereocenters. The van der Waals surface area contributed by atoms with Crippen molar-refractivity contribution in [3.05, 3.63) is 53.6 Å². The average molecular weight is 334 g/mol. The molecule has 2 aromatic rings. The lowest BCUT2D eigenvalue weighted by Gasteiger charge is -2.19. The lowest BCUT2D eigenvalue weighted by atomic mass is 10.1. The molecule has 1 fully saturated rings. The van der Waals surface area contributed by atoms with Crippen molar-refractivity contribution >= 4 is 11.6 Å². The molecular weight excluding hydrogens is 318 g/mol. The quantitative estimate of drug-likeness (QED) is 0.754. The van der Waals surface area contributed by atoms with Crippen LogP contribution in [0.3, 0.4) is 0 Å². The molecule has 3 rings (SSSR count). The van der Waals surface area contributed by atoms with Crippen LogP contribution in [0.25, 0.3) is 0 Å². The fraction of sp³-hybridized carbons (Fsp3) is 0.235. The molecule has 0 radical (unpaired) electrons. The van der Waals surface area contributed by atoms with Crippen molar-refractivity contribution < 1.29 is 23.8 Å². The van der Waals surface area contributed by atoms with E-state index < -0.39 is 17.5 Å². The third-order valence-electron chi connectivity index (χ3n) is 4.01. The standard InChI is InChI=1S/C17H16F2N2O3/c18-11-2-3-14(13(19)8-11)21-6-5-12(9-21)20-17(24)10-1-4-15(22)16(23)7-10/h1-4,7-8,12,22-23H,5-6,9H2,(H,20,24)/t12-/m0/s1. The molecule has 7 heteroatoms. The molecule has 1 amide bonds. The average Bonchev–Trinajstić information content (AvgIpc) is 2.98. The summed E-state index contributed by atoms with van der Waals surface area (Å²) in [4.78, 5) is 13.9. The maximum atomic E-state index is 13.8. The summed E-state index contributed by atoms with van der Waals surface area (Å²) >= 11 is 0. The number of phenolic OH excluding ortho intramolecular Hbond substituents is 2. The SMILES string of the molecule is O=C(N[C@H]1CCN(c2ccc(F)cc2F)C1)c1ccc(O)c(O)c1. The Morgan fingerprint density at radius 3 is 2.62 bits per heavy atom. The van der Waals surface area contributed by atoms with E-state index in [0.29, 0.717) is 25.2 Å². The predicted molar refractivity (Wildman–Crippen MR) is 84.2 cm³/mol. The normalized spacial score (nSPS) is 17.1. The van der Waals surface area contributed by atoms with Gasteiger partial charge in [-0.25, -0.2) is 8.78 Å². The molecule has 0 saturated carbocycles. The van der Waals surface area contributed by atoms with Gasteiger partial charge in [-0.05, 0) is 36.8 Å². The Morgan fingerprint density at radius 2 is 1.92 bits per heavy atom. The molecule has 5 nitrogen and oxygen atoms in total. The molecule has 1 aliphatic rings. The first-order valence-electron chi connectivity index (χ1n) is 7.47. The summed E-state index contributed by atoms with van der Waals surface area (Å²) < 4.78 is 26.8. The highest BCUT2D eigenvalue weighted by Gasteiger charge is 2.26. The van der Waals surface area contributed by atoms with Crippen molar-refractivity contribution in [1.82, 2.24) is 5.32 Å². The summed E-state index contributed by atoms with van der Waals surface area (Å²) in [6.07, 6.45) is 0.618. The van der Waals surface area contributed by atoms with Crippen LogP contribution in [0.1, 0.15) is 16.8 Å². The van der Waals surface area contributed by atoms with Crippen LogP contribution in [0.4, 0.5) is 14.5 Å². The van der Waals surface area contributed by atoms with E-state index in [0.717, 1.165) is 6.07 Å². The molecule has 24 heavy (non-hydrogen) atoms. The minimum Gasteiger partial charge on any atom is -0.504 e. The molecule has 2 aromatic carbocycles. The maximum absolute atomic E-state index is 13.8. The number of benzene rings is 2. The lowest BCUT2D eigenvalue weighted by molar-refractivity contribution is 0.0940. The number of carbonyl (C=O) groups excluding carboxylic acids is 1. The summed E-state index contributed by atoms with van der Waals surface area (Å²) in [5.41, 5.74) is 0.520. The van der Waals surface area contributed by atoms with Crippen LogP contribution >= 0.6 is 0 Å². The molecule has 0 unspecified atom stereocenters. The van der Waals surface area contributed by atoms with Gasteiger partial charge in [0.15, 0.2) is 11.5 Å². The van der Waals surface area contributed by atoms with E-state index in [1.54, 1.807) is 4.90 Å². The Labute approximate surface area is 137 Å². The molecule has 1 heterocycles. The topological polar surface area (TPSA) is 72.8 Å². The van der Waals surface area contributed by atoms with Gasteiger partial charge in [0, 0.05) is 30.8 Å². The zero-order chi connectivity index (χ0) is 17.3. The Morgan fingerprint density at radius 1 is 1.12 bits per heavy atom. The number of rotatable bonds is 3. The van der Waals surface area contributed by atoms with E-state index in [4.69, 9.17) is 0 Å². The second-order valence-electron chi connectivity index (χ2n) is 5.70. The highest BCUT2D eigenvalue weighted by atomic mass is 19.1. The number of nitrogens with one attached hydrogen (secondary N) is 1. The highest BCUT2D eigenvalue weighted by Crippen LogP contribution is 2.26. The van der Waals surface area contributed by atoms with Crippen LogP contribution in [0.5, 0.6) is 11.5 Å². The van der Waals surface area contributed by atoms with Crippen molar-refractivity contribution in [2.45, 2.75) is 12.5 Å². The fourth-order valence-electron chi connectivity index (χ4n) is 2.77. The van der Waals surface area contributed by atoms with Crippen molar-refractivity contribution in [2.24, 2.45) is 0 Å². The van der Waals surface area contributed by atoms with Gasteiger partial charge in [-0.1, -0.05) is 0 Å². The number of amides is 1. The van der Waals surface area contributed by atoms with Crippen molar-refractivity contribution in [1.29, 1.82) is 0 Å². The second kappa shape index (κ2) is 6.35. The number of anilines is 1. The fourth-order valence-corrected chi connectivity index (χ4v) is 2.77. The Hall–Kier alpha value is -2.83. The summed E-state index contributed by atoms with van der Waals surface area (Å²) in [5.74, 6) is -2.33. The maximum Gasteiger partial charge on any atom is 0.251 e. The zero-order valence-corrected chi connectivity index (χ0v) is 12.7. The third kappa shape index (κ3) is 3.24. The van der Waals surface area contributed by atoms with Crippen LogP contribution < -0.4 is 10.2 Å². The van der Waals surface area contributed by atoms with E-state index >= 15 is 0 Å². The van der Waals surface area contributed by atoms with Gasteiger partial charge >= 0.3 is 0 Å². The lowest BCUT2D eigenvalue weighted by Crippen LogP contribution is -2.37. The minimum atomic E-state index is -0.634. The summed E-state index contributed by atoms with van der Waals surface area (Å²) in [5, 5.41) is 21.5. The molecule has 0 spiro atoms. The number of hydrogen-bond donors (Lipinski definition) is 3. The van der Waals surface area contributed by atoms with Gasteiger partial charge in [0.2, 0.25) is 0 Å². The van der Waals surface area contributed by atoms with Crippen LogP contribution in [-0.2, 0) is 0 Å². The summed E-state index contributed by atoms with van der Waals surface area (Å²) in [7, 11) is 0. The minimum absolute atomic E-state index is 0.196. The van der Waals surface area contributed by atoms with Gasteiger partial charge in [0.05, 0.1) is 5.69 Å². The molecule has 0 aromatic heterocycles. The number of hydrogen-bond acceptors (Lipinski definition) is 4. The first-order valence-corrected chi connectivity index (χ1v) is 7.47. The van der Waals surface area contributed by atoms with Gasteiger partial charge in [-0.15, -0.1) is 0 Å². The van der Waals surface area contributed by atoms with Crippen molar-refractivity contribution in [3.8, 4) is 11.5 Å². The van der Waals surface area contributed by atoms with Gasteiger partial charge in [-0.3, -0.25) is 4.79 Å². The molecule has 126 valence electrons. The summed E-state index contributed by atoms with van der Waals surface area (Å²) in [6, 6.07) is 7.03. The summed E-state index contributed by atoms with van der Waals surface area (Å²) in [6.45, 7) is 0.937. The van der Waals surface area contributed by atoms with Crippen LogP contribution in [0, 0.1) is 11.6 Å². The zero-order valence-electron chi connectivity index (χ0n) is 12.7. The Bertz CT molecular complexity index is 782. The molecule has 0 aliphatic carbocycles. The van der Waals surface area contributed by atoms with E-state index in [1.165, 1.54) is 30.3 Å². The number of aromatic hydroxyl groups is 2. The van der Waals surface area contributed by atoms with Gasteiger partial charge in [0.25, 0.3) is 5.91 Å². The van der Waals surface area contributed by atoms with Gasteiger partial charge in [-0.2, -0.15) is 0 Å². The number of halogens is 2. The van der Waals surface area contributed by atoms with Crippen molar-refractivity contribution in [3.63, 3.8) is 0 Å². The molecule has 3 N–H and O–H groups in total. The second-order valence-corrected chi connectivity index (χ2v) is 5.70. The Balaban J connectivity index is 1.65. The number of nitrogens with zero attached hydrogens (tertiary/aromatic N) is 1. The monoisotopic (exact) mass is 334 g/mol. The highest BCUT2D eigenvalue weighted by molar-refractivity contribution is 5.95. The van der Waals surface area contributed by atoms with Crippen LogP contribution in [0.2, 0.25) is 0 Å². The number of carbonyl (C=O) groups is 1. The first kappa shape index (κ1) is 16.0. The smallest absolute Gasteiger partial charge is 0.251 e. The third-order valence-corrected chi connectivity index (χ3v) is 4.01. The Kier molecular flexibility index (Phi) is 4.24. The first-order chi connectivity index (χ1) is 11.4. The molecule has 1 aliphatic heterocycles. The van der Waals surface area contributed by atoms with Crippen LogP contribution in [0.15, 0.2) is 36.4 Å². The van der Waals surface area contributed by atoms with Crippen molar-refractivity contribution in [2.75, 3.05) is 18.0 Å². The van der Waals surface area contributed by atoms with E-state index in [9.17, 15) is 23.8 Å².